The van der Waals surface area contributed by atoms with Gasteiger partial charge < -0.3 is 97.4 Å². The second kappa shape index (κ2) is 49.9. The van der Waals surface area contributed by atoms with Crippen LogP contribution in [0.2, 0.25) is 0 Å². The number of hydrogen-bond acceptors (Lipinski definition) is 24. The topological polar surface area (TPSA) is 546 Å². The zero-order chi connectivity index (χ0) is 81.0. The highest BCUT2D eigenvalue weighted by atomic mass is 32.2. The summed E-state index contributed by atoms with van der Waals surface area (Å²) in [5.41, 5.74) is 12.4. The highest BCUT2D eigenvalue weighted by Gasteiger charge is 2.32. The van der Waals surface area contributed by atoms with Crippen LogP contribution < -0.4 is 68.8 Å². The summed E-state index contributed by atoms with van der Waals surface area (Å²) in [4.78, 5) is 192. The van der Waals surface area contributed by atoms with Crippen molar-refractivity contribution >= 4 is 111 Å². The monoisotopic (exact) mass is 1560 g/mol. The maximum atomic E-state index is 13.9. The quantitative estimate of drug-likeness (QED) is 0.0195. The molecule has 606 valence electrons. The first-order valence-corrected chi connectivity index (χ1v) is 37.0. The van der Waals surface area contributed by atoms with Crippen molar-refractivity contribution in [1.82, 2.24) is 56.5 Å². The number of carbonyl (C=O) groups is 15. The number of hydrogen-bond donors (Lipinski definition) is 13. The molecule has 39 nitrogen and oxygen atoms in total. The van der Waals surface area contributed by atoms with Crippen molar-refractivity contribution in [2.24, 2.45) is 35.1 Å². The number of carbonyl (C=O) groups excluding carboxylic acids is 15. The van der Waals surface area contributed by atoms with Crippen LogP contribution in [0.25, 0.3) is 0 Å². The van der Waals surface area contributed by atoms with E-state index in [4.69, 9.17) is 44.6 Å². The van der Waals surface area contributed by atoms with Crippen molar-refractivity contribution in [2.75, 3.05) is 96.1 Å². The third-order valence-electron chi connectivity index (χ3n) is 15.5. The zero-order valence-electron chi connectivity index (χ0n) is 62.6. The molecule has 0 saturated heterocycles. The van der Waals surface area contributed by atoms with E-state index in [2.05, 4.69) is 52.6 Å². The first-order chi connectivity index (χ1) is 51.6. The Morgan fingerprint density at radius 2 is 0.917 bits per heavy atom. The summed E-state index contributed by atoms with van der Waals surface area (Å²) in [6.07, 6.45) is -0.0233. The fourth-order valence-corrected chi connectivity index (χ4v) is 10.2. The van der Waals surface area contributed by atoms with Crippen molar-refractivity contribution in [1.29, 1.82) is 0 Å². The summed E-state index contributed by atoms with van der Waals surface area (Å²) in [5, 5.41) is 23.1. The Morgan fingerprint density at radius 1 is 0.468 bits per heavy atom. The molecule has 0 saturated carbocycles. The van der Waals surface area contributed by atoms with Gasteiger partial charge in [0.1, 0.15) is 57.2 Å². The first kappa shape index (κ1) is 92.3. The number of nitrogens with one attached hydrogen (secondary N) is 11. The van der Waals surface area contributed by atoms with Gasteiger partial charge in [-0.1, -0.05) is 86.1 Å². The lowest BCUT2D eigenvalue weighted by Gasteiger charge is -2.26. The maximum Gasteiger partial charge on any atom is 0.421 e. The highest BCUT2D eigenvalue weighted by molar-refractivity contribution is 7.88. The summed E-state index contributed by atoms with van der Waals surface area (Å²) >= 11 is 0. The van der Waals surface area contributed by atoms with Crippen LogP contribution in [-0.4, -0.2) is 218 Å². The van der Waals surface area contributed by atoms with E-state index < -0.39 is 151 Å². The van der Waals surface area contributed by atoms with Gasteiger partial charge in [-0.2, -0.15) is 13.1 Å². The van der Waals surface area contributed by atoms with Crippen LogP contribution in [0, 0.1) is 23.7 Å². The van der Waals surface area contributed by atoms with Crippen LogP contribution in [-0.2, 0) is 99.7 Å². The molecule has 1 aliphatic rings. The molecule has 3 rings (SSSR count). The molecule has 15 amide bonds. The number of alkyl carbamates (subject to hydrolysis) is 2. The van der Waals surface area contributed by atoms with E-state index in [0.29, 0.717) is 41.8 Å². The Kier molecular flexibility index (Phi) is 42.2. The Bertz CT molecular complexity index is 3340. The molecule has 4 atom stereocenters. The third-order valence-corrected chi connectivity index (χ3v) is 16.5. The van der Waals surface area contributed by atoms with Gasteiger partial charge in [0.15, 0.2) is 0 Å². The summed E-state index contributed by atoms with van der Waals surface area (Å²) in [6, 6.07) is 6.03. The molecule has 2 unspecified atom stereocenters. The molecule has 1 aliphatic heterocycles. The minimum absolute atomic E-state index is 0.00953. The number of nitrogens with zero attached hydrogens (tertiary/aromatic N) is 2. The van der Waals surface area contributed by atoms with Gasteiger partial charge in [0.25, 0.3) is 11.8 Å². The molecule has 0 aliphatic carbocycles. The average molecular weight is 1560 g/mol. The van der Waals surface area contributed by atoms with Gasteiger partial charge in [-0.3, -0.25) is 48.1 Å². The van der Waals surface area contributed by atoms with Gasteiger partial charge >= 0.3 is 58.6 Å². The Labute approximate surface area is 632 Å². The average Bonchev–Trinajstić information content (AvgIpc) is 1.14. The van der Waals surface area contributed by atoms with Crippen molar-refractivity contribution < 1.29 is 113 Å². The van der Waals surface area contributed by atoms with Crippen molar-refractivity contribution in [3.05, 3.63) is 71.8 Å². The van der Waals surface area contributed by atoms with Crippen LogP contribution in [0.15, 0.2) is 60.7 Å². The molecular formula is C69H105N15O24S. The van der Waals surface area contributed by atoms with Crippen molar-refractivity contribution in [2.45, 2.75) is 151 Å². The number of imide groups is 1. The molecule has 2 aromatic carbocycles. The molecule has 15 N–H and O–H groups in total. The summed E-state index contributed by atoms with van der Waals surface area (Å²) in [5.74, 6) is -6.70. The summed E-state index contributed by atoms with van der Waals surface area (Å²) in [6.45, 7) is 9.83. The summed E-state index contributed by atoms with van der Waals surface area (Å²) < 4.78 is 65.7. The number of amides is 15. The van der Waals surface area contributed by atoms with E-state index in [0.717, 1.165) is 9.80 Å². The second-order valence-corrected chi connectivity index (χ2v) is 27.4. The highest BCUT2D eigenvalue weighted by Crippen LogP contribution is 2.17. The molecule has 0 radical (unpaired) electrons. The Balaban J connectivity index is 1.65. The lowest BCUT2D eigenvalue weighted by atomic mass is 10.0. The number of unbranched alkanes of at least 4 members (excludes halogenated alkanes) is 2. The number of esters is 2. The molecule has 109 heavy (non-hydrogen) atoms. The van der Waals surface area contributed by atoms with Gasteiger partial charge in [0, 0.05) is 62.7 Å². The molecule has 1 heterocycles. The number of urea groups is 2. The maximum absolute atomic E-state index is 13.9. The first-order valence-electron chi connectivity index (χ1n) is 35.6. The largest absolute Gasteiger partial charge is 0.461 e. The van der Waals surface area contributed by atoms with Crippen molar-refractivity contribution in [3.8, 4) is 0 Å². The van der Waals surface area contributed by atoms with Crippen LogP contribution in [0.3, 0.4) is 0 Å². The van der Waals surface area contributed by atoms with E-state index in [-0.39, 0.29) is 134 Å². The van der Waals surface area contributed by atoms with Gasteiger partial charge in [-0.15, -0.1) is 0 Å². The number of ether oxygens (including phenoxy) is 7. The number of benzene rings is 2. The van der Waals surface area contributed by atoms with Crippen LogP contribution in [0.5, 0.6) is 0 Å². The lowest BCUT2D eigenvalue weighted by Crippen LogP contribution is -2.55. The standard InChI is InChI=1S/C69H105N15O24S/c1-43(2)56(60(90)78-51(15-12-28-73-64(70)94)58(88)76-49-22-18-47(19-23-49)41-107-62(92)45(5)6)80-66(96)104-37-33-83(69(99)106-40-39-102-36-31-75-109(100,101)82-68(98)103-35-14-30-72-53(85)17-10-9-11-32-84-54(86)26-27-55(84)87)34-38-105-67(97)81-57(44(3)4)61(91)79-52(16-13-29-74-65(71)95)59(89)77-50-24-20-48(21-25-50)42-108-63(93)46(7)8/h18-27,43-46,51-52,56-57,75H,9-17,28-42H2,1-8H3,(H,72,85)(H,76,88)(H,77,89)(H,78,90)(H,79,91)(H,80,96)(H,81,97)(H,82,98)(H3,70,73,94)(H3,71,74,95)/t51?,52?,56-,57-/m0/s1. The second-order valence-electron chi connectivity index (χ2n) is 25.9. The van der Waals surface area contributed by atoms with E-state index in [1.54, 1.807) is 109 Å². The minimum atomic E-state index is -4.46. The predicted molar refractivity (Wildman–Crippen MR) is 390 cm³/mol. The SMILES string of the molecule is CC(C)C(=O)OCc1ccc(NC(=O)C(CCCNC(N)=O)NC(=O)[C@@H](NC(=O)OCCN(CCOC(=O)N[C@H](C(=O)NC(CCCNC(N)=O)C(=O)Nc2ccc(COC(=O)C(C)C)cc2)C(C)C)C(=O)OCCOCCNS(=O)(=O)NC(=O)OCCCNC(=O)CCCCCN2C(=O)C=CC2=O)C(C)C)cc1. The smallest absolute Gasteiger partial charge is 0.421 e. The van der Waals surface area contributed by atoms with Crippen LogP contribution >= 0.6 is 0 Å². The normalized spacial score (nSPS) is 12.9. The lowest BCUT2D eigenvalue weighted by molar-refractivity contribution is -0.149. The van der Waals surface area contributed by atoms with E-state index in [9.17, 15) is 80.3 Å². The Morgan fingerprint density at radius 3 is 1.36 bits per heavy atom. The van der Waals surface area contributed by atoms with Crippen molar-refractivity contribution in [3.63, 3.8) is 0 Å². The molecule has 0 spiro atoms. The molecule has 2 aromatic rings. The number of anilines is 2. The van der Waals surface area contributed by atoms with Gasteiger partial charge in [0.05, 0.1) is 44.7 Å². The third kappa shape index (κ3) is 39.0. The van der Waals surface area contributed by atoms with Crippen LogP contribution in [0.4, 0.5) is 40.1 Å². The Hall–Kier alpha value is -10.9. The summed E-state index contributed by atoms with van der Waals surface area (Å²) in [7, 11) is -4.46. The predicted octanol–water partition coefficient (Wildman–Crippen LogP) is 2.04. The van der Waals surface area contributed by atoms with Gasteiger partial charge in [-0.05, 0) is 92.2 Å². The van der Waals surface area contributed by atoms with Crippen LogP contribution in [0.1, 0.15) is 124 Å². The van der Waals surface area contributed by atoms with E-state index in [1.807, 2.05) is 0 Å². The molecule has 0 fully saturated rings. The number of primary amides is 2. The molecule has 40 heteroatoms. The fourth-order valence-electron chi connectivity index (χ4n) is 9.51. The van der Waals surface area contributed by atoms with Gasteiger partial charge in [0.2, 0.25) is 29.5 Å². The zero-order valence-corrected chi connectivity index (χ0v) is 63.4. The minimum Gasteiger partial charge on any atom is -0.461 e. The number of rotatable bonds is 50. The van der Waals surface area contributed by atoms with E-state index >= 15 is 0 Å². The van der Waals surface area contributed by atoms with Gasteiger partial charge in [-0.25, -0.2) is 33.5 Å². The van der Waals surface area contributed by atoms with E-state index in [1.165, 1.54) is 12.2 Å². The fraction of sp³-hybridized carbons (Fsp3) is 0.580. The molecule has 0 bridgehead atoms. The molecular weight excluding hydrogens is 1450 g/mol. The molecule has 0 aromatic heterocycles. The number of nitrogens with two attached hydrogens (primary N) is 2.